The summed E-state index contributed by atoms with van der Waals surface area (Å²) in [6.07, 6.45) is 9.41. The lowest BCUT2D eigenvalue weighted by Gasteiger charge is -2.64. The molecule has 0 saturated heterocycles. The highest BCUT2D eigenvalue weighted by Gasteiger charge is 2.64. The molecule has 0 heterocycles. The molecule has 0 spiro atoms. The predicted molar refractivity (Wildman–Crippen MR) is 97.7 cm³/mol. The molecule has 4 fully saturated rings. The van der Waals surface area contributed by atoms with Gasteiger partial charge in [0.25, 0.3) is 0 Å². The van der Waals surface area contributed by atoms with E-state index in [2.05, 4.69) is 20.8 Å². The smallest absolute Gasteiger partial charge is 0.163 e. The standard InChI is InChI=1S/C22H36O3/c1-19-10-8-15-16-5-6-18(22(4,24)25)20(16,2)11-9-17(15)21(19,3)12-7-14(23)13-19/h15-18,24-25H,5-13H2,1-4H3/t15?,16?,17?,18?,19-,20-,21+/m0/s1. The average Bonchev–Trinajstić information content (AvgIpc) is 2.86. The lowest BCUT2D eigenvalue weighted by Crippen LogP contribution is -2.58. The van der Waals surface area contributed by atoms with Crippen molar-refractivity contribution in [2.45, 2.75) is 91.3 Å². The van der Waals surface area contributed by atoms with Crippen molar-refractivity contribution in [3.8, 4) is 0 Å². The predicted octanol–water partition coefficient (Wildman–Crippen LogP) is 4.31. The first-order chi connectivity index (χ1) is 11.5. The zero-order valence-electron chi connectivity index (χ0n) is 16.5. The number of Topliss-reactive ketones (excluding diaryl/α,β-unsaturated/α-hetero) is 1. The Balaban J connectivity index is 1.66. The Bertz CT molecular complexity index is 578. The second kappa shape index (κ2) is 5.32. The van der Waals surface area contributed by atoms with Crippen LogP contribution in [0.2, 0.25) is 0 Å². The summed E-state index contributed by atoms with van der Waals surface area (Å²) in [5.74, 6) is 0.947. The highest BCUT2D eigenvalue weighted by atomic mass is 16.5. The number of fused-ring (bicyclic) bond motifs is 5. The molecule has 0 aromatic heterocycles. The van der Waals surface area contributed by atoms with Gasteiger partial charge in [-0.15, -0.1) is 0 Å². The van der Waals surface area contributed by atoms with E-state index in [1.165, 1.54) is 19.3 Å². The average molecular weight is 349 g/mol. The number of hydrogen-bond acceptors (Lipinski definition) is 3. The Labute approximate surface area is 152 Å². The van der Waals surface area contributed by atoms with Gasteiger partial charge in [0.1, 0.15) is 5.78 Å². The van der Waals surface area contributed by atoms with Crippen molar-refractivity contribution in [3.63, 3.8) is 0 Å². The first-order valence-corrected chi connectivity index (χ1v) is 10.5. The van der Waals surface area contributed by atoms with Crippen LogP contribution in [0.15, 0.2) is 0 Å². The molecule has 142 valence electrons. The van der Waals surface area contributed by atoms with E-state index in [0.29, 0.717) is 23.5 Å². The van der Waals surface area contributed by atoms with Crippen LogP contribution in [0, 0.1) is 39.9 Å². The van der Waals surface area contributed by atoms with Crippen LogP contribution in [-0.4, -0.2) is 21.8 Å². The summed E-state index contributed by atoms with van der Waals surface area (Å²) < 4.78 is 0. The molecule has 3 nitrogen and oxygen atoms in total. The maximum absolute atomic E-state index is 12.2. The van der Waals surface area contributed by atoms with Gasteiger partial charge in [-0.1, -0.05) is 20.8 Å². The lowest BCUT2D eigenvalue weighted by molar-refractivity contribution is -0.225. The fourth-order valence-electron chi connectivity index (χ4n) is 8.30. The van der Waals surface area contributed by atoms with Crippen molar-refractivity contribution in [1.29, 1.82) is 0 Å². The normalized spacial score (nSPS) is 53.1. The van der Waals surface area contributed by atoms with Gasteiger partial charge in [-0.05, 0) is 85.9 Å². The zero-order valence-corrected chi connectivity index (χ0v) is 16.5. The van der Waals surface area contributed by atoms with E-state index in [4.69, 9.17) is 0 Å². The van der Waals surface area contributed by atoms with E-state index in [9.17, 15) is 15.0 Å². The number of aliphatic hydroxyl groups is 2. The summed E-state index contributed by atoms with van der Waals surface area (Å²) in [7, 11) is 0. The fraction of sp³-hybridized carbons (Fsp3) is 0.955. The Morgan fingerprint density at radius 2 is 1.68 bits per heavy atom. The quantitative estimate of drug-likeness (QED) is 0.694. The minimum atomic E-state index is -1.55. The molecule has 0 radical (unpaired) electrons. The maximum atomic E-state index is 12.2. The van der Waals surface area contributed by atoms with Gasteiger partial charge in [0.05, 0.1) is 0 Å². The molecule has 4 saturated carbocycles. The minimum Gasteiger partial charge on any atom is -0.366 e. The SMILES string of the molecule is CC(O)(O)C1CCC2C3CC[C@@]4(C)CC(=O)CC[C@]4(C)C3CC[C@@]21C. The Kier molecular flexibility index (Phi) is 3.82. The van der Waals surface area contributed by atoms with Crippen LogP contribution in [0.1, 0.15) is 85.5 Å². The highest BCUT2D eigenvalue weighted by molar-refractivity contribution is 5.80. The van der Waals surface area contributed by atoms with Crippen LogP contribution in [0.25, 0.3) is 0 Å². The third-order valence-corrected chi connectivity index (χ3v) is 9.83. The number of ketones is 1. The number of rotatable bonds is 1. The molecule has 4 unspecified atom stereocenters. The van der Waals surface area contributed by atoms with Crippen LogP contribution < -0.4 is 0 Å². The van der Waals surface area contributed by atoms with Crippen molar-refractivity contribution < 1.29 is 15.0 Å². The van der Waals surface area contributed by atoms with Gasteiger partial charge in [0.2, 0.25) is 0 Å². The summed E-state index contributed by atoms with van der Waals surface area (Å²) in [4.78, 5) is 12.2. The molecule has 7 atom stereocenters. The van der Waals surface area contributed by atoms with E-state index in [-0.39, 0.29) is 22.2 Å². The van der Waals surface area contributed by atoms with Crippen molar-refractivity contribution in [3.05, 3.63) is 0 Å². The van der Waals surface area contributed by atoms with Gasteiger partial charge in [-0.2, -0.15) is 0 Å². The van der Waals surface area contributed by atoms with E-state index >= 15 is 0 Å². The second-order valence-electron chi connectivity index (χ2n) is 10.9. The molecule has 4 rings (SSSR count). The summed E-state index contributed by atoms with van der Waals surface area (Å²) >= 11 is 0. The minimum absolute atomic E-state index is 0.0000000525. The molecule has 3 heteroatoms. The van der Waals surface area contributed by atoms with E-state index in [0.717, 1.165) is 38.5 Å². The second-order valence-corrected chi connectivity index (χ2v) is 10.9. The van der Waals surface area contributed by atoms with Crippen molar-refractivity contribution in [2.24, 2.45) is 39.9 Å². The van der Waals surface area contributed by atoms with Gasteiger partial charge >= 0.3 is 0 Å². The van der Waals surface area contributed by atoms with Crippen molar-refractivity contribution in [1.82, 2.24) is 0 Å². The summed E-state index contributed by atoms with van der Waals surface area (Å²) in [6, 6.07) is 0. The van der Waals surface area contributed by atoms with Crippen LogP contribution in [0.5, 0.6) is 0 Å². The van der Waals surface area contributed by atoms with Crippen LogP contribution in [-0.2, 0) is 4.79 Å². The molecule has 0 aliphatic heterocycles. The molecule has 0 aromatic carbocycles. The number of carbonyl (C=O) groups is 1. The Morgan fingerprint density at radius 3 is 2.36 bits per heavy atom. The van der Waals surface area contributed by atoms with Crippen LogP contribution in [0.3, 0.4) is 0 Å². The summed E-state index contributed by atoms with van der Waals surface area (Å²) in [5, 5.41) is 20.7. The van der Waals surface area contributed by atoms with Gasteiger partial charge in [-0.3, -0.25) is 4.79 Å². The molecule has 0 aromatic rings. The monoisotopic (exact) mass is 348 g/mol. The third-order valence-electron chi connectivity index (χ3n) is 9.83. The first-order valence-electron chi connectivity index (χ1n) is 10.5. The molecule has 0 amide bonds. The third kappa shape index (κ3) is 2.34. The Morgan fingerprint density at radius 1 is 0.960 bits per heavy atom. The fourth-order valence-corrected chi connectivity index (χ4v) is 8.30. The van der Waals surface area contributed by atoms with E-state index < -0.39 is 5.79 Å². The lowest BCUT2D eigenvalue weighted by atomic mass is 9.40. The number of carbonyl (C=O) groups excluding carboxylic acids is 1. The van der Waals surface area contributed by atoms with Gasteiger partial charge in [-0.25, -0.2) is 0 Å². The molecule has 4 aliphatic rings. The van der Waals surface area contributed by atoms with Gasteiger partial charge in [0.15, 0.2) is 5.79 Å². The van der Waals surface area contributed by atoms with E-state index in [1.54, 1.807) is 6.92 Å². The summed E-state index contributed by atoms with van der Waals surface area (Å²) in [5.41, 5.74) is 0.525. The maximum Gasteiger partial charge on any atom is 0.163 e. The zero-order chi connectivity index (χ0) is 18.3. The topological polar surface area (TPSA) is 57.5 Å². The highest BCUT2D eigenvalue weighted by Crippen LogP contribution is 2.70. The molecule has 0 bridgehead atoms. The number of hydrogen-bond donors (Lipinski definition) is 2. The van der Waals surface area contributed by atoms with E-state index in [1.807, 2.05) is 0 Å². The first kappa shape index (κ1) is 18.0. The largest absolute Gasteiger partial charge is 0.366 e. The van der Waals surface area contributed by atoms with Crippen molar-refractivity contribution >= 4 is 5.78 Å². The molecular formula is C22H36O3. The molecular weight excluding hydrogens is 312 g/mol. The van der Waals surface area contributed by atoms with Crippen LogP contribution in [0.4, 0.5) is 0 Å². The molecule has 25 heavy (non-hydrogen) atoms. The van der Waals surface area contributed by atoms with Crippen LogP contribution >= 0.6 is 0 Å². The Hall–Kier alpha value is -0.410. The van der Waals surface area contributed by atoms with Crippen molar-refractivity contribution in [2.75, 3.05) is 0 Å². The van der Waals surface area contributed by atoms with Gasteiger partial charge < -0.3 is 10.2 Å². The summed E-state index contributed by atoms with van der Waals surface area (Å²) in [6.45, 7) is 8.78. The molecule has 2 N–H and O–H groups in total. The van der Waals surface area contributed by atoms with Gasteiger partial charge in [0, 0.05) is 18.8 Å². The molecule has 4 aliphatic carbocycles.